The lowest BCUT2D eigenvalue weighted by Gasteiger charge is -2.14. The molecule has 0 amide bonds. The molecular weight excluding hydrogens is 172 g/mol. The SMILES string of the molecule is C[C@@H](c1ccccc1)C1CC1(C)CO. The minimum absolute atomic E-state index is 0.190. The molecule has 0 radical (unpaired) electrons. The maximum absolute atomic E-state index is 9.23. The van der Waals surface area contributed by atoms with Gasteiger partial charge in [-0.15, -0.1) is 0 Å². The van der Waals surface area contributed by atoms with Crippen molar-refractivity contribution in [2.75, 3.05) is 6.61 Å². The third-order valence-corrected chi connectivity index (χ3v) is 3.71. The standard InChI is InChI=1S/C13H18O/c1-10(11-6-4-3-5-7-11)12-8-13(12,2)9-14/h3-7,10,12,14H,8-9H2,1-2H3/t10-,12?,13?/m0/s1. The van der Waals surface area contributed by atoms with Crippen LogP contribution in [0.4, 0.5) is 0 Å². The smallest absolute Gasteiger partial charge is 0.0487 e. The Morgan fingerprint density at radius 2 is 2.07 bits per heavy atom. The zero-order valence-corrected chi connectivity index (χ0v) is 8.90. The van der Waals surface area contributed by atoms with E-state index < -0.39 is 0 Å². The van der Waals surface area contributed by atoms with Crippen LogP contribution in [0.5, 0.6) is 0 Å². The molecule has 3 atom stereocenters. The van der Waals surface area contributed by atoms with Crippen molar-refractivity contribution in [3.8, 4) is 0 Å². The van der Waals surface area contributed by atoms with E-state index in [9.17, 15) is 5.11 Å². The molecular formula is C13H18O. The van der Waals surface area contributed by atoms with Gasteiger partial charge in [0.2, 0.25) is 0 Å². The number of hydrogen-bond acceptors (Lipinski definition) is 1. The Morgan fingerprint density at radius 3 is 2.57 bits per heavy atom. The van der Waals surface area contributed by atoms with Crippen LogP contribution in [-0.2, 0) is 0 Å². The van der Waals surface area contributed by atoms with Crippen LogP contribution >= 0.6 is 0 Å². The van der Waals surface area contributed by atoms with Gasteiger partial charge >= 0.3 is 0 Å². The largest absolute Gasteiger partial charge is 0.396 e. The molecule has 0 saturated heterocycles. The highest BCUT2D eigenvalue weighted by atomic mass is 16.3. The molecule has 0 heterocycles. The third-order valence-electron chi connectivity index (χ3n) is 3.71. The maximum atomic E-state index is 9.23. The molecule has 1 N–H and O–H groups in total. The van der Waals surface area contributed by atoms with Gasteiger partial charge in [0, 0.05) is 6.61 Å². The van der Waals surface area contributed by atoms with Crippen molar-refractivity contribution in [3.05, 3.63) is 35.9 Å². The Morgan fingerprint density at radius 1 is 1.43 bits per heavy atom. The molecule has 0 aromatic heterocycles. The van der Waals surface area contributed by atoms with Crippen LogP contribution in [0, 0.1) is 11.3 Å². The van der Waals surface area contributed by atoms with Crippen LogP contribution in [0.2, 0.25) is 0 Å². The first kappa shape index (κ1) is 9.72. The van der Waals surface area contributed by atoms with E-state index in [0.29, 0.717) is 18.4 Å². The summed E-state index contributed by atoms with van der Waals surface area (Å²) in [5.41, 5.74) is 1.59. The highest BCUT2D eigenvalue weighted by Gasteiger charge is 2.52. The van der Waals surface area contributed by atoms with Gasteiger partial charge in [0.1, 0.15) is 0 Å². The molecule has 76 valence electrons. The van der Waals surface area contributed by atoms with Gasteiger partial charge in [0.15, 0.2) is 0 Å². The number of rotatable bonds is 3. The lowest BCUT2D eigenvalue weighted by molar-refractivity contribution is 0.207. The van der Waals surface area contributed by atoms with E-state index in [2.05, 4.69) is 38.1 Å². The second-order valence-electron chi connectivity index (χ2n) is 4.82. The topological polar surface area (TPSA) is 20.2 Å². The van der Waals surface area contributed by atoms with Gasteiger partial charge in [0.25, 0.3) is 0 Å². The Hall–Kier alpha value is -0.820. The zero-order valence-electron chi connectivity index (χ0n) is 8.90. The minimum Gasteiger partial charge on any atom is -0.396 e. The molecule has 0 spiro atoms. The average Bonchev–Trinajstić information content (AvgIpc) is 2.92. The molecule has 1 aliphatic carbocycles. The van der Waals surface area contributed by atoms with Crippen LogP contribution in [-0.4, -0.2) is 11.7 Å². The van der Waals surface area contributed by atoms with E-state index in [1.54, 1.807) is 0 Å². The Balaban J connectivity index is 2.08. The fourth-order valence-corrected chi connectivity index (χ4v) is 2.39. The molecule has 14 heavy (non-hydrogen) atoms. The molecule has 1 aliphatic rings. The predicted molar refractivity (Wildman–Crippen MR) is 58.2 cm³/mol. The first-order valence-electron chi connectivity index (χ1n) is 5.33. The van der Waals surface area contributed by atoms with Gasteiger partial charge in [-0.25, -0.2) is 0 Å². The van der Waals surface area contributed by atoms with Crippen LogP contribution < -0.4 is 0 Å². The lowest BCUT2D eigenvalue weighted by Crippen LogP contribution is -2.08. The number of hydrogen-bond donors (Lipinski definition) is 1. The number of aliphatic hydroxyl groups is 1. The molecule has 1 aromatic carbocycles. The quantitative estimate of drug-likeness (QED) is 0.777. The molecule has 0 aliphatic heterocycles. The second-order valence-corrected chi connectivity index (χ2v) is 4.82. The van der Waals surface area contributed by atoms with Gasteiger partial charge in [-0.3, -0.25) is 0 Å². The highest BCUT2D eigenvalue weighted by molar-refractivity contribution is 5.23. The number of aliphatic hydroxyl groups excluding tert-OH is 1. The summed E-state index contributed by atoms with van der Waals surface area (Å²) < 4.78 is 0. The first-order chi connectivity index (χ1) is 6.67. The zero-order chi connectivity index (χ0) is 10.2. The third kappa shape index (κ3) is 1.57. The molecule has 1 heteroatoms. The average molecular weight is 190 g/mol. The fraction of sp³-hybridized carbons (Fsp3) is 0.538. The van der Waals surface area contributed by atoms with Crippen molar-refractivity contribution in [2.45, 2.75) is 26.2 Å². The van der Waals surface area contributed by atoms with Gasteiger partial charge in [-0.1, -0.05) is 44.2 Å². The normalized spacial score (nSPS) is 32.6. The fourth-order valence-electron chi connectivity index (χ4n) is 2.39. The van der Waals surface area contributed by atoms with Gasteiger partial charge < -0.3 is 5.11 Å². The van der Waals surface area contributed by atoms with E-state index >= 15 is 0 Å². The molecule has 1 nitrogen and oxygen atoms in total. The van der Waals surface area contributed by atoms with Gasteiger partial charge in [-0.2, -0.15) is 0 Å². The summed E-state index contributed by atoms with van der Waals surface area (Å²) in [4.78, 5) is 0. The van der Waals surface area contributed by atoms with E-state index in [4.69, 9.17) is 0 Å². The summed E-state index contributed by atoms with van der Waals surface area (Å²) >= 11 is 0. The maximum Gasteiger partial charge on any atom is 0.0487 e. The first-order valence-corrected chi connectivity index (χ1v) is 5.33. The highest BCUT2D eigenvalue weighted by Crippen LogP contribution is 2.58. The predicted octanol–water partition coefficient (Wildman–Crippen LogP) is 2.81. The Kier molecular flexibility index (Phi) is 2.36. The van der Waals surface area contributed by atoms with Crippen LogP contribution in [0.25, 0.3) is 0 Å². The van der Waals surface area contributed by atoms with Crippen LogP contribution in [0.3, 0.4) is 0 Å². The van der Waals surface area contributed by atoms with Crippen molar-refractivity contribution in [3.63, 3.8) is 0 Å². The molecule has 1 saturated carbocycles. The molecule has 2 rings (SSSR count). The number of benzene rings is 1. The van der Waals surface area contributed by atoms with E-state index in [1.807, 2.05) is 6.07 Å². The van der Waals surface area contributed by atoms with Crippen LogP contribution in [0.1, 0.15) is 31.7 Å². The summed E-state index contributed by atoms with van der Waals surface area (Å²) in [6, 6.07) is 10.6. The molecule has 0 bridgehead atoms. The Bertz CT molecular complexity index is 306. The van der Waals surface area contributed by atoms with Gasteiger partial charge in [0.05, 0.1) is 0 Å². The molecule has 2 unspecified atom stereocenters. The summed E-state index contributed by atoms with van der Waals surface area (Å²) in [6.07, 6.45) is 1.17. The second kappa shape index (κ2) is 3.39. The van der Waals surface area contributed by atoms with E-state index in [-0.39, 0.29) is 5.41 Å². The lowest BCUT2D eigenvalue weighted by atomic mass is 9.91. The monoisotopic (exact) mass is 190 g/mol. The minimum atomic E-state index is 0.190. The van der Waals surface area contributed by atoms with Gasteiger partial charge in [-0.05, 0) is 29.2 Å². The molecule has 1 fully saturated rings. The van der Waals surface area contributed by atoms with Crippen molar-refractivity contribution < 1.29 is 5.11 Å². The van der Waals surface area contributed by atoms with Crippen molar-refractivity contribution in [1.82, 2.24) is 0 Å². The summed E-state index contributed by atoms with van der Waals surface area (Å²) in [5, 5.41) is 9.23. The summed E-state index contributed by atoms with van der Waals surface area (Å²) in [7, 11) is 0. The molecule has 1 aromatic rings. The summed E-state index contributed by atoms with van der Waals surface area (Å²) in [6.45, 7) is 4.77. The van der Waals surface area contributed by atoms with Crippen molar-refractivity contribution in [2.24, 2.45) is 11.3 Å². The van der Waals surface area contributed by atoms with Crippen LogP contribution in [0.15, 0.2) is 30.3 Å². The van der Waals surface area contributed by atoms with Crippen molar-refractivity contribution >= 4 is 0 Å². The van der Waals surface area contributed by atoms with E-state index in [0.717, 1.165) is 0 Å². The van der Waals surface area contributed by atoms with Crippen molar-refractivity contribution in [1.29, 1.82) is 0 Å². The van der Waals surface area contributed by atoms with E-state index in [1.165, 1.54) is 12.0 Å². The summed E-state index contributed by atoms with van der Waals surface area (Å²) in [5.74, 6) is 1.24. The Labute approximate surface area is 85.8 Å².